The molecule has 6 nitrogen and oxygen atoms in total. The van der Waals surface area contributed by atoms with Crippen LogP contribution in [0.3, 0.4) is 0 Å². The highest BCUT2D eigenvalue weighted by Crippen LogP contribution is 2.27. The molecule has 0 aliphatic heterocycles. The Hall–Kier alpha value is -3.30. The fourth-order valence-electron chi connectivity index (χ4n) is 2.67. The van der Waals surface area contributed by atoms with Crippen LogP contribution in [0.2, 0.25) is 0 Å². The van der Waals surface area contributed by atoms with Crippen molar-refractivity contribution in [2.45, 2.75) is 19.5 Å². The molecule has 0 fully saturated rings. The molecule has 0 spiro atoms. The molecule has 0 bridgehead atoms. The molecule has 0 amide bonds. The fourth-order valence-corrected chi connectivity index (χ4v) is 2.67. The van der Waals surface area contributed by atoms with E-state index in [0.29, 0.717) is 22.5 Å². The quantitative estimate of drug-likeness (QED) is 0.555. The molecule has 0 radical (unpaired) electrons. The lowest BCUT2D eigenvalue weighted by molar-refractivity contribution is -0.144. The smallest absolute Gasteiger partial charge is 0.303 e. The minimum Gasteiger partial charge on any atom is -0.303 e. The normalized spacial score (nSPS) is 12.0. The van der Waals surface area contributed by atoms with Crippen molar-refractivity contribution in [1.82, 2.24) is 29.5 Å². The van der Waals surface area contributed by atoms with Gasteiger partial charge in [0.15, 0.2) is 5.65 Å². The van der Waals surface area contributed by atoms with E-state index in [-0.39, 0.29) is 23.8 Å². The Morgan fingerprint density at radius 3 is 2.70 bits per heavy atom. The second-order valence-corrected chi connectivity index (χ2v) is 6.00. The number of aromatic amines is 1. The molecule has 3 heterocycles. The van der Waals surface area contributed by atoms with E-state index in [2.05, 4.69) is 20.1 Å². The molecule has 138 valence electrons. The first kappa shape index (κ1) is 17.1. The van der Waals surface area contributed by atoms with Crippen molar-refractivity contribution in [2.75, 3.05) is 0 Å². The number of hydrogen-bond donors (Lipinski definition) is 1. The molecule has 0 saturated heterocycles. The Morgan fingerprint density at radius 2 is 2.00 bits per heavy atom. The van der Waals surface area contributed by atoms with E-state index in [4.69, 9.17) is 0 Å². The summed E-state index contributed by atoms with van der Waals surface area (Å²) in [6.07, 6.45) is 0.288. The average molecular weight is 376 g/mol. The molecule has 1 N–H and O–H groups in total. The van der Waals surface area contributed by atoms with Crippen molar-refractivity contribution >= 4 is 5.65 Å². The largest absolute Gasteiger partial charge is 0.451 e. The van der Waals surface area contributed by atoms with Gasteiger partial charge in [-0.15, -0.1) is 0 Å². The number of halogens is 4. The zero-order valence-electron chi connectivity index (χ0n) is 13.9. The van der Waals surface area contributed by atoms with E-state index in [1.165, 1.54) is 12.3 Å². The Labute approximate surface area is 149 Å². The van der Waals surface area contributed by atoms with Crippen LogP contribution in [-0.4, -0.2) is 29.5 Å². The first-order valence-corrected chi connectivity index (χ1v) is 7.89. The summed E-state index contributed by atoms with van der Waals surface area (Å²) in [4.78, 5) is 12.0. The molecular weight excluding hydrogens is 364 g/mol. The molecule has 0 saturated carbocycles. The van der Waals surface area contributed by atoms with Crippen molar-refractivity contribution in [1.29, 1.82) is 0 Å². The standard InChI is InChI=1S/C17H12F4N6/c1-9-2-3-10(6-11(9)18)7-12-15-22-4-5-27(15)8-13(23-12)14-24-16(26-25-14)17(19,20)21/h2-6,8H,7H2,1H3,(H,24,25,26). The number of nitrogens with one attached hydrogen (secondary N) is 1. The first-order valence-electron chi connectivity index (χ1n) is 7.89. The summed E-state index contributed by atoms with van der Waals surface area (Å²) in [7, 11) is 0. The number of benzene rings is 1. The topological polar surface area (TPSA) is 71.8 Å². The van der Waals surface area contributed by atoms with Gasteiger partial charge >= 0.3 is 6.18 Å². The van der Waals surface area contributed by atoms with Gasteiger partial charge in [0.25, 0.3) is 0 Å². The number of hydrogen-bond acceptors (Lipinski definition) is 4. The van der Waals surface area contributed by atoms with Crippen LogP contribution in [-0.2, 0) is 12.6 Å². The van der Waals surface area contributed by atoms with Gasteiger partial charge in [-0.25, -0.2) is 19.3 Å². The van der Waals surface area contributed by atoms with E-state index < -0.39 is 12.0 Å². The lowest BCUT2D eigenvalue weighted by atomic mass is 10.1. The zero-order chi connectivity index (χ0) is 19.2. The predicted molar refractivity (Wildman–Crippen MR) is 87.3 cm³/mol. The monoisotopic (exact) mass is 376 g/mol. The molecular formula is C17H12F4N6. The molecule has 0 atom stereocenters. The van der Waals surface area contributed by atoms with Crippen molar-refractivity contribution in [3.05, 3.63) is 65.3 Å². The second-order valence-electron chi connectivity index (χ2n) is 6.00. The number of H-pyrrole nitrogens is 1. The number of aromatic nitrogens is 6. The maximum absolute atomic E-state index is 13.8. The van der Waals surface area contributed by atoms with Gasteiger partial charge in [0.2, 0.25) is 11.6 Å². The highest BCUT2D eigenvalue weighted by atomic mass is 19.4. The average Bonchev–Trinajstić information content (AvgIpc) is 3.26. The number of aryl methyl sites for hydroxylation is 1. The van der Waals surface area contributed by atoms with E-state index in [1.807, 2.05) is 5.10 Å². The lowest BCUT2D eigenvalue weighted by Crippen LogP contribution is -2.07. The van der Waals surface area contributed by atoms with Crippen LogP contribution in [0.15, 0.2) is 36.8 Å². The molecule has 10 heteroatoms. The molecule has 4 rings (SSSR count). The van der Waals surface area contributed by atoms with Gasteiger partial charge in [0.1, 0.15) is 11.5 Å². The van der Waals surface area contributed by atoms with Crippen molar-refractivity contribution in [3.63, 3.8) is 0 Å². The van der Waals surface area contributed by atoms with E-state index >= 15 is 0 Å². The van der Waals surface area contributed by atoms with Gasteiger partial charge in [-0.3, -0.25) is 5.10 Å². The second kappa shape index (κ2) is 6.15. The van der Waals surface area contributed by atoms with Crippen molar-refractivity contribution in [2.24, 2.45) is 0 Å². The van der Waals surface area contributed by atoms with Gasteiger partial charge in [-0.1, -0.05) is 12.1 Å². The summed E-state index contributed by atoms with van der Waals surface area (Å²) in [5, 5.41) is 5.47. The van der Waals surface area contributed by atoms with E-state index in [0.717, 1.165) is 0 Å². The SMILES string of the molecule is Cc1ccc(Cc2nc(-c3n[nH]c(C(F)(F)F)n3)cn3ccnc23)cc1F. The molecule has 27 heavy (non-hydrogen) atoms. The number of alkyl halides is 3. The van der Waals surface area contributed by atoms with Crippen molar-refractivity contribution < 1.29 is 17.6 Å². The summed E-state index contributed by atoms with van der Waals surface area (Å²) in [6.45, 7) is 1.66. The molecule has 0 aliphatic rings. The first-order chi connectivity index (χ1) is 12.8. The minimum atomic E-state index is -4.63. The summed E-state index contributed by atoms with van der Waals surface area (Å²) >= 11 is 0. The van der Waals surface area contributed by atoms with E-state index in [1.54, 1.807) is 35.9 Å². The zero-order valence-corrected chi connectivity index (χ0v) is 13.9. The number of fused-ring (bicyclic) bond motifs is 1. The Bertz CT molecular complexity index is 1130. The van der Waals surface area contributed by atoms with Crippen LogP contribution >= 0.6 is 0 Å². The maximum Gasteiger partial charge on any atom is 0.451 e. The molecule has 1 aromatic carbocycles. The Kier molecular flexibility index (Phi) is 3.90. The summed E-state index contributed by atoms with van der Waals surface area (Å²) in [6, 6.07) is 4.82. The van der Waals surface area contributed by atoms with Crippen LogP contribution < -0.4 is 0 Å². The van der Waals surface area contributed by atoms with Gasteiger partial charge in [0.05, 0.1) is 5.69 Å². The fraction of sp³-hybridized carbons (Fsp3) is 0.176. The van der Waals surface area contributed by atoms with Crippen LogP contribution in [0, 0.1) is 12.7 Å². The van der Waals surface area contributed by atoms with Gasteiger partial charge in [0, 0.05) is 25.0 Å². The van der Waals surface area contributed by atoms with Crippen LogP contribution in [0.1, 0.15) is 22.6 Å². The van der Waals surface area contributed by atoms with Crippen LogP contribution in [0.5, 0.6) is 0 Å². The number of nitrogens with zero attached hydrogens (tertiary/aromatic N) is 5. The third kappa shape index (κ3) is 3.25. The van der Waals surface area contributed by atoms with Gasteiger partial charge in [-0.2, -0.15) is 18.3 Å². The highest BCUT2D eigenvalue weighted by molar-refractivity contribution is 5.55. The number of imidazole rings is 1. The number of rotatable bonds is 3. The molecule has 3 aromatic heterocycles. The van der Waals surface area contributed by atoms with Crippen molar-refractivity contribution in [3.8, 4) is 11.5 Å². The third-order valence-electron chi connectivity index (χ3n) is 4.03. The van der Waals surface area contributed by atoms with E-state index in [9.17, 15) is 17.6 Å². The summed E-state index contributed by atoms with van der Waals surface area (Å²) < 4.78 is 53.7. The van der Waals surface area contributed by atoms with Gasteiger partial charge < -0.3 is 4.40 Å². The van der Waals surface area contributed by atoms with Crippen LogP contribution in [0.4, 0.5) is 17.6 Å². The van der Waals surface area contributed by atoms with Gasteiger partial charge in [-0.05, 0) is 24.1 Å². The minimum absolute atomic E-state index is 0.148. The Morgan fingerprint density at radius 1 is 1.19 bits per heavy atom. The molecule has 0 unspecified atom stereocenters. The molecule has 0 aliphatic carbocycles. The maximum atomic E-state index is 13.8. The Balaban J connectivity index is 1.77. The predicted octanol–water partition coefficient (Wildman–Crippen LogP) is 3.57. The summed E-state index contributed by atoms with van der Waals surface area (Å²) in [5.74, 6) is -1.73. The lowest BCUT2D eigenvalue weighted by Gasteiger charge is -2.07. The highest BCUT2D eigenvalue weighted by Gasteiger charge is 2.35. The van der Waals surface area contributed by atoms with Crippen LogP contribution in [0.25, 0.3) is 17.2 Å². The molecule has 4 aromatic rings. The third-order valence-corrected chi connectivity index (χ3v) is 4.03. The summed E-state index contributed by atoms with van der Waals surface area (Å²) in [5.41, 5.74) is 2.32.